The molecule has 0 saturated carbocycles. The van der Waals surface area contributed by atoms with Gasteiger partial charge < -0.3 is 15.1 Å². The van der Waals surface area contributed by atoms with E-state index in [1.165, 1.54) is 38.9 Å². The Kier molecular flexibility index (Phi) is 7.07. The van der Waals surface area contributed by atoms with Crippen molar-refractivity contribution in [3.8, 4) is 0 Å². The molecule has 0 aliphatic carbocycles. The molecule has 3 heterocycles. The van der Waals surface area contributed by atoms with Crippen molar-refractivity contribution in [1.82, 2.24) is 29.9 Å². The topological polar surface area (TPSA) is 61.6 Å². The summed E-state index contributed by atoms with van der Waals surface area (Å²) < 4.78 is 1.79. The SMILES string of the molecule is CN=C(NCc1ncnn1C)N1CCC(CN2CCCC2)C1.I. The minimum Gasteiger partial charge on any atom is -0.349 e. The van der Waals surface area contributed by atoms with E-state index in [-0.39, 0.29) is 24.0 Å². The summed E-state index contributed by atoms with van der Waals surface area (Å²) in [6.07, 6.45) is 5.59. The predicted molar refractivity (Wildman–Crippen MR) is 102 cm³/mol. The van der Waals surface area contributed by atoms with Crippen molar-refractivity contribution in [2.75, 3.05) is 39.8 Å². The molecule has 1 unspecified atom stereocenters. The third-order valence-electron chi connectivity index (χ3n) is 4.72. The zero-order valence-corrected chi connectivity index (χ0v) is 16.4. The molecule has 0 spiro atoms. The molecule has 8 heteroatoms. The second-order valence-corrected chi connectivity index (χ2v) is 6.31. The molecule has 0 bridgehead atoms. The molecule has 2 aliphatic rings. The Hall–Kier alpha value is -0.900. The first-order valence-corrected chi connectivity index (χ1v) is 8.27. The van der Waals surface area contributed by atoms with E-state index in [1.54, 1.807) is 11.0 Å². The number of aromatic nitrogens is 3. The van der Waals surface area contributed by atoms with Crippen LogP contribution in [0.2, 0.25) is 0 Å². The van der Waals surface area contributed by atoms with Crippen LogP contribution in [0.1, 0.15) is 25.1 Å². The van der Waals surface area contributed by atoms with Crippen LogP contribution in [0.5, 0.6) is 0 Å². The molecule has 1 N–H and O–H groups in total. The fourth-order valence-electron chi connectivity index (χ4n) is 3.47. The molecule has 0 radical (unpaired) electrons. The van der Waals surface area contributed by atoms with Crippen LogP contribution in [0.4, 0.5) is 0 Å². The predicted octanol–water partition coefficient (Wildman–Crippen LogP) is 0.926. The van der Waals surface area contributed by atoms with E-state index in [2.05, 4.69) is 30.2 Å². The zero-order valence-electron chi connectivity index (χ0n) is 14.1. The lowest BCUT2D eigenvalue weighted by atomic mass is 10.1. The second-order valence-electron chi connectivity index (χ2n) is 6.31. The molecular weight excluding hydrogens is 405 g/mol. The van der Waals surface area contributed by atoms with Crippen LogP contribution in [-0.2, 0) is 13.6 Å². The maximum atomic E-state index is 4.43. The van der Waals surface area contributed by atoms with Gasteiger partial charge in [0.1, 0.15) is 12.2 Å². The van der Waals surface area contributed by atoms with Gasteiger partial charge in [-0.15, -0.1) is 24.0 Å². The lowest BCUT2D eigenvalue weighted by Crippen LogP contribution is -2.40. The van der Waals surface area contributed by atoms with Crippen molar-refractivity contribution in [3.05, 3.63) is 12.2 Å². The monoisotopic (exact) mass is 433 g/mol. The molecule has 7 nitrogen and oxygen atoms in total. The van der Waals surface area contributed by atoms with Gasteiger partial charge in [0.2, 0.25) is 0 Å². The third kappa shape index (κ3) is 4.79. The molecule has 1 aromatic rings. The summed E-state index contributed by atoms with van der Waals surface area (Å²) in [6, 6.07) is 0. The van der Waals surface area contributed by atoms with Gasteiger partial charge in [0.15, 0.2) is 5.96 Å². The van der Waals surface area contributed by atoms with Gasteiger partial charge in [0.25, 0.3) is 0 Å². The molecule has 2 fully saturated rings. The highest BCUT2D eigenvalue weighted by Gasteiger charge is 2.27. The van der Waals surface area contributed by atoms with Crippen LogP contribution in [0.25, 0.3) is 0 Å². The fraction of sp³-hybridized carbons (Fsp3) is 0.800. The van der Waals surface area contributed by atoms with Crippen LogP contribution in [0.15, 0.2) is 11.3 Å². The number of nitrogens with zero attached hydrogens (tertiary/aromatic N) is 6. The van der Waals surface area contributed by atoms with Gasteiger partial charge in [-0.2, -0.15) is 5.10 Å². The summed E-state index contributed by atoms with van der Waals surface area (Å²) in [4.78, 5) is 13.7. The highest BCUT2D eigenvalue weighted by molar-refractivity contribution is 14.0. The van der Waals surface area contributed by atoms with Crippen LogP contribution >= 0.6 is 24.0 Å². The average molecular weight is 433 g/mol. The van der Waals surface area contributed by atoms with Crippen molar-refractivity contribution in [3.63, 3.8) is 0 Å². The van der Waals surface area contributed by atoms with Gasteiger partial charge in [-0.3, -0.25) is 9.67 Å². The maximum Gasteiger partial charge on any atom is 0.194 e. The highest BCUT2D eigenvalue weighted by Crippen LogP contribution is 2.19. The molecule has 2 saturated heterocycles. The van der Waals surface area contributed by atoms with Crippen LogP contribution in [0, 0.1) is 5.92 Å². The van der Waals surface area contributed by atoms with Crippen molar-refractivity contribution in [1.29, 1.82) is 0 Å². The van der Waals surface area contributed by atoms with Crippen LogP contribution in [-0.4, -0.2) is 70.3 Å². The van der Waals surface area contributed by atoms with Crippen molar-refractivity contribution >= 4 is 29.9 Å². The average Bonchev–Trinajstić information content (AvgIpc) is 3.24. The fourth-order valence-corrected chi connectivity index (χ4v) is 3.47. The maximum absolute atomic E-state index is 4.43. The van der Waals surface area contributed by atoms with E-state index in [0.717, 1.165) is 30.8 Å². The van der Waals surface area contributed by atoms with Crippen molar-refractivity contribution in [2.45, 2.75) is 25.8 Å². The number of hydrogen-bond acceptors (Lipinski definition) is 4. The number of nitrogens with one attached hydrogen (secondary N) is 1. The lowest BCUT2D eigenvalue weighted by molar-refractivity contribution is 0.281. The lowest BCUT2D eigenvalue weighted by Gasteiger charge is -2.23. The zero-order chi connectivity index (χ0) is 15.4. The first-order valence-electron chi connectivity index (χ1n) is 8.27. The van der Waals surface area contributed by atoms with Gasteiger partial charge in [0, 0.05) is 33.7 Å². The number of aliphatic imine (C=N–C) groups is 1. The number of halogens is 1. The summed E-state index contributed by atoms with van der Waals surface area (Å²) in [5.74, 6) is 2.67. The molecule has 1 aromatic heterocycles. The van der Waals surface area contributed by atoms with E-state index in [1.807, 2.05) is 14.1 Å². The van der Waals surface area contributed by atoms with Crippen molar-refractivity contribution in [2.24, 2.45) is 18.0 Å². The molecule has 3 rings (SSSR count). The normalized spacial score (nSPS) is 22.4. The standard InChI is InChI=1S/C15H27N7.HI/c1-16-15(17-9-14-18-12-19-20(14)2)22-8-5-13(11-22)10-21-6-3-4-7-21;/h12-13H,3-11H2,1-2H3,(H,16,17);1H. The van der Waals surface area contributed by atoms with Gasteiger partial charge in [-0.25, -0.2) is 4.98 Å². The quantitative estimate of drug-likeness (QED) is 0.435. The second kappa shape index (κ2) is 8.81. The van der Waals surface area contributed by atoms with Gasteiger partial charge in [-0.05, 0) is 38.3 Å². The number of rotatable bonds is 4. The Balaban J connectivity index is 0.00000192. The number of hydrogen-bond donors (Lipinski definition) is 1. The Bertz CT molecular complexity index is 510. The summed E-state index contributed by atoms with van der Waals surface area (Å²) in [7, 11) is 3.77. The highest BCUT2D eigenvalue weighted by atomic mass is 127. The number of likely N-dealkylation sites (tertiary alicyclic amines) is 2. The molecular formula is C15H28IN7. The number of aryl methyl sites for hydroxylation is 1. The molecule has 1 atom stereocenters. The van der Waals surface area contributed by atoms with Crippen LogP contribution < -0.4 is 5.32 Å². The summed E-state index contributed by atoms with van der Waals surface area (Å²) in [6.45, 7) is 6.69. The van der Waals surface area contributed by atoms with E-state index < -0.39 is 0 Å². The van der Waals surface area contributed by atoms with E-state index in [0.29, 0.717) is 6.54 Å². The van der Waals surface area contributed by atoms with E-state index >= 15 is 0 Å². The summed E-state index contributed by atoms with van der Waals surface area (Å²) in [5.41, 5.74) is 0. The minimum atomic E-state index is 0. The molecule has 23 heavy (non-hydrogen) atoms. The largest absolute Gasteiger partial charge is 0.349 e. The number of guanidine groups is 1. The molecule has 2 aliphatic heterocycles. The van der Waals surface area contributed by atoms with Crippen molar-refractivity contribution < 1.29 is 0 Å². The first-order chi connectivity index (χ1) is 10.8. The van der Waals surface area contributed by atoms with Crippen LogP contribution in [0.3, 0.4) is 0 Å². The Labute approximate surface area is 155 Å². The third-order valence-corrected chi connectivity index (χ3v) is 4.72. The Morgan fingerprint density at radius 3 is 2.78 bits per heavy atom. The van der Waals surface area contributed by atoms with Gasteiger partial charge >= 0.3 is 0 Å². The first kappa shape index (κ1) is 18.4. The smallest absolute Gasteiger partial charge is 0.194 e. The van der Waals surface area contributed by atoms with E-state index in [4.69, 9.17) is 0 Å². The van der Waals surface area contributed by atoms with Gasteiger partial charge in [-0.1, -0.05) is 0 Å². The van der Waals surface area contributed by atoms with Gasteiger partial charge in [0.05, 0.1) is 6.54 Å². The molecule has 0 aromatic carbocycles. The van der Waals surface area contributed by atoms with E-state index in [9.17, 15) is 0 Å². The summed E-state index contributed by atoms with van der Waals surface area (Å²) in [5, 5.41) is 7.50. The summed E-state index contributed by atoms with van der Waals surface area (Å²) >= 11 is 0. The molecule has 0 amide bonds. The minimum absolute atomic E-state index is 0. The Morgan fingerprint density at radius 2 is 2.13 bits per heavy atom. The molecule has 130 valence electrons. The Morgan fingerprint density at radius 1 is 1.35 bits per heavy atom.